The van der Waals surface area contributed by atoms with Crippen LogP contribution in [0.4, 0.5) is 0 Å². The van der Waals surface area contributed by atoms with Crippen molar-refractivity contribution >= 4 is 5.78 Å². The minimum Gasteiger partial charge on any atom is -0.512 e. The first-order valence-electron chi connectivity index (χ1n) is 3.52. The van der Waals surface area contributed by atoms with Crippen LogP contribution in [-0.2, 0) is 0 Å². The summed E-state index contributed by atoms with van der Waals surface area (Å²) in [6.07, 6.45) is 4.25. The first-order valence-corrected chi connectivity index (χ1v) is 3.52. The molecule has 0 atom stereocenters. The lowest BCUT2D eigenvalue weighted by Crippen LogP contribution is -1.95. The molecule has 3 heteroatoms. The van der Waals surface area contributed by atoms with E-state index in [0.717, 1.165) is 0 Å². The van der Waals surface area contributed by atoms with Crippen LogP contribution in [0.2, 0.25) is 0 Å². The van der Waals surface area contributed by atoms with Crippen molar-refractivity contribution < 1.29 is 9.90 Å². The molecule has 1 aromatic rings. The lowest BCUT2D eigenvalue weighted by molar-refractivity contribution is 0.104. The van der Waals surface area contributed by atoms with Gasteiger partial charge in [-0.05, 0) is 19.1 Å². The van der Waals surface area contributed by atoms with Gasteiger partial charge >= 0.3 is 0 Å². The fourth-order valence-electron chi connectivity index (χ4n) is 0.789. The van der Waals surface area contributed by atoms with Crippen LogP contribution in [0.5, 0.6) is 0 Å². The number of nitrogens with zero attached hydrogens (tertiary/aromatic N) is 1. The summed E-state index contributed by atoms with van der Waals surface area (Å²) in [6, 6.07) is 3.20. The summed E-state index contributed by atoms with van der Waals surface area (Å²) in [5.41, 5.74) is 0.526. The fraction of sp³-hybridized carbons (Fsp3) is 0.111. The average molecular weight is 163 g/mol. The molecule has 0 saturated heterocycles. The van der Waals surface area contributed by atoms with E-state index in [0.29, 0.717) is 5.56 Å². The first-order chi connectivity index (χ1) is 5.70. The molecule has 0 bridgehead atoms. The van der Waals surface area contributed by atoms with Gasteiger partial charge in [0.2, 0.25) is 0 Å². The molecule has 0 unspecified atom stereocenters. The van der Waals surface area contributed by atoms with E-state index >= 15 is 0 Å². The predicted octanol–water partition coefficient (Wildman–Crippen LogP) is 1.73. The van der Waals surface area contributed by atoms with Crippen molar-refractivity contribution in [1.29, 1.82) is 0 Å². The number of aliphatic hydroxyl groups excluding tert-OH is 1. The highest BCUT2D eigenvalue weighted by Crippen LogP contribution is 2.00. The van der Waals surface area contributed by atoms with E-state index in [-0.39, 0.29) is 11.5 Å². The summed E-state index contributed by atoms with van der Waals surface area (Å²) >= 11 is 0. The molecule has 0 radical (unpaired) electrons. The second kappa shape index (κ2) is 3.67. The average Bonchev–Trinajstić information content (AvgIpc) is 2.05. The largest absolute Gasteiger partial charge is 0.512 e. The minimum absolute atomic E-state index is 0.0109. The zero-order chi connectivity index (χ0) is 8.97. The molecule has 0 fully saturated rings. The second-order valence-corrected chi connectivity index (χ2v) is 2.39. The molecule has 0 aromatic carbocycles. The van der Waals surface area contributed by atoms with E-state index in [9.17, 15) is 4.79 Å². The van der Waals surface area contributed by atoms with Crippen molar-refractivity contribution in [2.45, 2.75) is 6.92 Å². The maximum absolute atomic E-state index is 11.2. The van der Waals surface area contributed by atoms with Crippen LogP contribution < -0.4 is 0 Å². The van der Waals surface area contributed by atoms with Gasteiger partial charge in [-0.2, -0.15) is 0 Å². The van der Waals surface area contributed by atoms with Crippen LogP contribution in [0, 0.1) is 0 Å². The maximum atomic E-state index is 11.2. The quantitative estimate of drug-likeness (QED) is 0.410. The Bertz CT molecular complexity index is 300. The van der Waals surface area contributed by atoms with Gasteiger partial charge in [0, 0.05) is 24.0 Å². The third-order valence-electron chi connectivity index (χ3n) is 1.30. The third kappa shape index (κ3) is 2.20. The normalized spacial score (nSPS) is 11.2. The fourth-order valence-corrected chi connectivity index (χ4v) is 0.789. The lowest BCUT2D eigenvalue weighted by atomic mass is 10.1. The Balaban J connectivity index is 2.87. The number of carbonyl (C=O) groups is 1. The first kappa shape index (κ1) is 8.46. The van der Waals surface area contributed by atoms with Crippen LogP contribution in [0.15, 0.2) is 36.4 Å². The van der Waals surface area contributed by atoms with E-state index in [1.807, 2.05) is 0 Å². The molecule has 0 aliphatic carbocycles. The number of ketones is 1. The number of rotatable bonds is 2. The molecule has 3 nitrogen and oxygen atoms in total. The van der Waals surface area contributed by atoms with Crippen LogP contribution in [-0.4, -0.2) is 15.9 Å². The molecule has 1 N–H and O–H groups in total. The van der Waals surface area contributed by atoms with Crippen LogP contribution in [0.1, 0.15) is 17.3 Å². The van der Waals surface area contributed by atoms with E-state index in [2.05, 4.69) is 4.98 Å². The van der Waals surface area contributed by atoms with Crippen molar-refractivity contribution in [3.63, 3.8) is 0 Å². The standard InChI is InChI=1S/C9H9NO2/c1-7(11)6-9(12)8-2-4-10-5-3-8/h2-6,11H,1H3. The highest BCUT2D eigenvalue weighted by atomic mass is 16.3. The number of pyridine rings is 1. The van der Waals surface area contributed by atoms with Crippen molar-refractivity contribution in [2.24, 2.45) is 0 Å². The molecule has 0 spiro atoms. The minimum atomic E-state index is -0.211. The summed E-state index contributed by atoms with van der Waals surface area (Å²) in [7, 11) is 0. The van der Waals surface area contributed by atoms with Gasteiger partial charge in [-0.1, -0.05) is 0 Å². The van der Waals surface area contributed by atoms with Gasteiger partial charge in [-0.3, -0.25) is 9.78 Å². The Kier molecular flexibility index (Phi) is 2.58. The number of aliphatic hydroxyl groups is 1. The monoisotopic (exact) mass is 163 g/mol. The molecule has 0 aliphatic rings. The van der Waals surface area contributed by atoms with Gasteiger partial charge in [0.25, 0.3) is 0 Å². The Morgan fingerprint density at radius 1 is 1.50 bits per heavy atom. The summed E-state index contributed by atoms with van der Waals surface area (Å²) in [4.78, 5) is 15.0. The smallest absolute Gasteiger partial charge is 0.189 e. The lowest BCUT2D eigenvalue weighted by Gasteiger charge is -1.93. The molecule has 1 rings (SSSR count). The Morgan fingerprint density at radius 3 is 2.58 bits per heavy atom. The Hall–Kier alpha value is -1.64. The van der Waals surface area contributed by atoms with Gasteiger partial charge in [0.05, 0.1) is 5.76 Å². The molecule has 0 amide bonds. The molecular weight excluding hydrogens is 154 g/mol. The van der Waals surface area contributed by atoms with Gasteiger partial charge in [0.15, 0.2) is 5.78 Å². The maximum Gasteiger partial charge on any atom is 0.189 e. The number of hydrogen-bond donors (Lipinski definition) is 1. The van der Waals surface area contributed by atoms with E-state index in [1.54, 1.807) is 12.1 Å². The van der Waals surface area contributed by atoms with Crippen LogP contribution in [0.3, 0.4) is 0 Å². The Morgan fingerprint density at radius 2 is 2.08 bits per heavy atom. The van der Waals surface area contributed by atoms with Crippen LogP contribution >= 0.6 is 0 Å². The van der Waals surface area contributed by atoms with Crippen LogP contribution in [0.25, 0.3) is 0 Å². The molecule has 12 heavy (non-hydrogen) atoms. The van der Waals surface area contributed by atoms with Gasteiger partial charge in [-0.15, -0.1) is 0 Å². The van der Waals surface area contributed by atoms with Crippen molar-refractivity contribution in [3.05, 3.63) is 41.9 Å². The van der Waals surface area contributed by atoms with E-state index in [4.69, 9.17) is 5.11 Å². The summed E-state index contributed by atoms with van der Waals surface area (Å²) < 4.78 is 0. The van der Waals surface area contributed by atoms with Gasteiger partial charge < -0.3 is 5.11 Å². The van der Waals surface area contributed by atoms with Crippen molar-refractivity contribution in [2.75, 3.05) is 0 Å². The number of allylic oxidation sites excluding steroid dienone is 2. The molecule has 1 heterocycles. The Labute approximate surface area is 70.4 Å². The third-order valence-corrected chi connectivity index (χ3v) is 1.30. The molecule has 1 aromatic heterocycles. The predicted molar refractivity (Wildman–Crippen MR) is 45.0 cm³/mol. The second-order valence-electron chi connectivity index (χ2n) is 2.39. The van der Waals surface area contributed by atoms with E-state index < -0.39 is 0 Å². The summed E-state index contributed by atoms with van der Waals surface area (Å²) in [5, 5.41) is 8.81. The summed E-state index contributed by atoms with van der Waals surface area (Å²) in [6.45, 7) is 1.46. The summed E-state index contributed by atoms with van der Waals surface area (Å²) in [5.74, 6) is -0.200. The topological polar surface area (TPSA) is 50.2 Å². The highest BCUT2D eigenvalue weighted by molar-refractivity contribution is 6.04. The van der Waals surface area contributed by atoms with E-state index in [1.165, 1.54) is 25.4 Å². The molecule has 62 valence electrons. The van der Waals surface area contributed by atoms with Crippen molar-refractivity contribution in [3.8, 4) is 0 Å². The zero-order valence-corrected chi connectivity index (χ0v) is 6.69. The zero-order valence-electron chi connectivity index (χ0n) is 6.69. The van der Waals surface area contributed by atoms with Crippen molar-refractivity contribution in [1.82, 2.24) is 4.98 Å². The molecule has 0 aliphatic heterocycles. The number of aromatic nitrogens is 1. The molecule has 0 saturated carbocycles. The SMILES string of the molecule is CC(O)=CC(=O)c1ccncc1. The number of hydrogen-bond acceptors (Lipinski definition) is 3. The molecular formula is C9H9NO2. The van der Waals surface area contributed by atoms with Gasteiger partial charge in [-0.25, -0.2) is 0 Å². The number of carbonyl (C=O) groups excluding carboxylic acids is 1. The van der Waals surface area contributed by atoms with Gasteiger partial charge in [0.1, 0.15) is 0 Å². The highest BCUT2D eigenvalue weighted by Gasteiger charge is 2.00.